The molecule has 220 valence electrons. The number of nitrogens with zero attached hydrogens (tertiary/aromatic N) is 2. The Labute approximate surface area is 242 Å². The van der Waals surface area contributed by atoms with Crippen molar-refractivity contribution in [3.8, 4) is 10.4 Å². The lowest BCUT2D eigenvalue weighted by Gasteiger charge is -2.35. The predicted molar refractivity (Wildman–Crippen MR) is 159 cm³/mol. The Morgan fingerprint density at radius 3 is 2.38 bits per heavy atom. The minimum absolute atomic E-state index is 0.213. The average Bonchev–Trinajstić information content (AvgIpc) is 3.28. The highest BCUT2D eigenvalue weighted by molar-refractivity contribution is 7.13. The lowest BCUT2D eigenvalue weighted by molar-refractivity contribution is -0.142. The number of aldehydes is 1. The lowest BCUT2D eigenvalue weighted by atomic mass is 9.85. The number of hydrogen-bond acceptors (Lipinski definition) is 6. The first-order chi connectivity index (χ1) is 18.7. The van der Waals surface area contributed by atoms with Gasteiger partial charge in [0.05, 0.1) is 22.1 Å². The van der Waals surface area contributed by atoms with Crippen LogP contribution in [0.5, 0.6) is 0 Å². The normalized spacial score (nSPS) is 19.4. The summed E-state index contributed by atoms with van der Waals surface area (Å²) < 4.78 is 13.8. The van der Waals surface area contributed by atoms with Crippen molar-refractivity contribution in [2.24, 2.45) is 5.41 Å². The molecule has 2 heterocycles. The monoisotopic (exact) mass is 572 g/mol. The molecule has 2 N–H and O–H groups in total. The summed E-state index contributed by atoms with van der Waals surface area (Å²) in [5.74, 6) is -0.480. The van der Waals surface area contributed by atoms with Crippen LogP contribution in [0.3, 0.4) is 0 Å². The summed E-state index contributed by atoms with van der Waals surface area (Å²) in [6, 6.07) is 5.93. The van der Waals surface area contributed by atoms with Crippen LogP contribution in [0, 0.1) is 12.3 Å². The highest BCUT2D eigenvalue weighted by Gasteiger charge is 2.53. The molecule has 7 nitrogen and oxygen atoms in total. The summed E-state index contributed by atoms with van der Waals surface area (Å²) in [5.41, 5.74) is 4.79. The van der Waals surface area contributed by atoms with Gasteiger partial charge in [0.1, 0.15) is 12.3 Å². The van der Waals surface area contributed by atoms with Crippen molar-refractivity contribution in [2.75, 3.05) is 13.6 Å². The van der Waals surface area contributed by atoms with Crippen LogP contribution in [0.1, 0.15) is 96.0 Å². The zero-order chi connectivity index (χ0) is 29.8. The van der Waals surface area contributed by atoms with Crippen molar-refractivity contribution in [2.45, 2.75) is 104 Å². The standard InChI is InChI=1S/C16H22N2S.C15H23FN2O3/c1-10(2)15-8-13(16-12(4)18-9-19-16)6-7-14(15)11(3)17-5;1-14(2,3)11(17-13(21)15(16)6-7-15)12(20)18-8-4-5-10(18)9-19/h6-11,17H,1-5H3;9-11H,4-8H2,1-3H3,(H,17,21). The number of nitrogens with one attached hydrogen (secondary N) is 2. The molecule has 0 spiro atoms. The van der Waals surface area contributed by atoms with E-state index in [0.717, 1.165) is 18.4 Å². The maximum atomic E-state index is 13.8. The van der Waals surface area contributed by atoms with Crippen LogP contribution in [0.25, 0.3) is 10.4 Å². The van der Waals surface area contributed by atoms with Gasteiger partial charge in [0, 0.05) is 12.6 Å². The molecule has 1 aromatic carbocycles. The number of benzene rings is 1. The van der Waals surface area contributed by atoms with E-state index >= 15 is 0 Å². The SMILES string of the molecule is CC(C)(C)C(NC(=O)C1(F)CC1)C(=O)N1CCCC1C=O.CNC(C)c1ccc(-c2scnc2C)cc1C(C)C. The Morgan fingerprint density at radius 1 is 1.20 bits per heavy atom. The van der Waals surface area contributed by atoms with Crippen molar-refractivity contribution >= 4 is 29.4 Å². The van der Waals surface area contributed by atoms with Crippen molar-refractivity contribution in [3.05, 3.63) is 40.5 Å². The number of halogens is 1. The van der Waals surface area contributed by atoms with E-state index < -0.39 is 29.1 Å². The van der Waals surface area contributed by atoms with Crippen LogP contribution in [0.2, 0.25) is 0 Å². The molecule has 0 bridgehead atoms. The van der Waals surface area contributed by atoms with Gasteiger partial charge in [-0.15, -0.1) is 11.3 Å². The number of amides is 2. The molecule has 2 aromatic rings. The first kappa shape index (κ1) is 31.9. The van der Waals surface area contributed by atoms with Crippen LogP contribution < -0.4 is 10.6 Å². The van der Waals surface area contributed by atoms with Gasteiger partial charge >= 0.3 is 0 Å². The molecule has 3 unspecified atom stereocenters. The second-order valence-corrected chi connectivity index (χ2v) is 13.2. The molecule has 1 saturated carbocycles. The van der Waals surface area contributed by atoms with Gasteiger partial charge in [0.15, 0.2) is 5.67 Å². The summed E-state index contributed by atoms with van der Waals surface area (Å²) in [6.45, 7) is 14.8. The maximum Gasteiger partial charge on any atom is 0.258 e. The van der Waals surface area contributed by atoms with E-state index in [-0.39, 0.29) is 18.7 Å². The summed E-state index contributed by atoms with van der Waals surface area (Å²) in [4.78, 5) is 42.8. The summed E-state index contributed by atoms with van der Waals surface area (Å²) in [5, 5.41) is 5.89. The number of hydrogen-bond donors (Lipinski definition) is 2. The molecule has 40 heavy (non-hydrogen) atoms. The van der Waals surface area contributed by atoms with E-state index in [0.29, 0.717) is 24.9 Å². The van der Waals surface area contributed by atoms with Crippen LogP contribution in [0.15, 0.2) is 23.7 Å². The second kappa shape index (κ2) is 12.9. The highest BCUT2D eigenvalue weighted by atomic mass is 32.1. The van der Waals surface area contributed by atoms with Gasteiger partial charge in [-0.25, -0.2) is 9.37 Å². The number of thiazole rings is 1. The van der Waals surface area contributed by atoms with Gasteiger partial charge in [0.25, 0.3) is 5.91 Å². The van der Waals surface area contributed by atoms with E-state index in [1.165, 1.54) is 26.5 Å². The summed E-state index contributed by atoms with van der Waals surface area (Å²) >= 11 is 1.72. The lowest BCUT2D eigenvalue weighted by Crippen LogP contribution is -2.57. The second-order valence-electron chi connectivity index (χ2n) is 12.4. The predicted octanol–water partition coefficient (Wildman–Crippen LogP) is 5.73. The first-order valence-corrected chi connectivity index (χ1v) is 15.1. The zero-order valence-electron chi connectivity index (χ0n) is 25.1. The molecular weight excluding hydrogens is 527 g/mol. The highest BCUT2D eigenvalue weighted by Crippen LogP contribution is 2.40. The number of alkyl halides is 1. The number of aryl methyl sites for hydroxylation is 1. The molecule has 2 aliphatic rings. The minimum Gasteiger partial charge on any atom is -0.341 e. The van der Waals surface area contributed by atoms with Crippen LogP contribution in [-0.4, -0.2) is 59.3 Å². The number of carbonyl (C=O) groups is 3. The number of aromatic nitrogens is 1. The fourth-order valence-corrected chi connectivity index (χ4v) is 5.77. The quantitative estimate of drug-likeness (QED) is 0.394. The Kier molecular flexibility index (Phi) is 10.3. The van der Waals surface area contributed by atoms with Gasteiger partial charge in [-0.3, -0.25) is 9.59 Å². The molecule has 9 heteroatoms. The maximum absolute atomic E-state index is 13.8. The Morgan fingerprint density at radius 2 is 1.88 bits per heavy atom. The van der Waals surface area contributed by atoms with Crippen molar-refractivity contribution < 1.29 is 18.8 Å². The molecule has 1 aliphatic heterocycles. The molecule has 2 fully saturated rings. The third-order valence-electron chi connectivity index (χ3n) is 7.84. The van der Waals surface area contributed by atoms with E-state index in [4.69, 9.17) is 0 Å². The number of rotatable bonds is 8. The molecule has 0 radical (unpaired) electrons. The van der Waals surface area contributed by atoms with Gasteiger partial charge in [-0.2, -0.15) is 0 Å². The van der Waals surface area contributed by atoms with Gasteiger partial charge in [-0.1, -0.05) is 46.8 Å². The number of likely N-dealkylation sites (tertiary alicyclic amines) is 1. The Balaban J connectivity index is 0.000000222. The van der Waals surface area contributed by atoms with E-state index in [1.54, 1.807) is 11.3 Å². The third-order valence-corrected chi connectivity index (χ3v) is 8.82. The van der Waals surface area contributed by atoms with Crippen molar-refractivity contribution in [1.82, 2.24) is 20.5 Å². The molecule has 3 atom stereocenters. The topological polar surface area (TPSA) is 91.4 Å². The molecule has 4 rings (SSSR count). The molecule has 1 aliphatic carbocycles. The molecule has 1 saturated heterocycles. The first-order valence-electron chi connectivity index (χ1n) is 14.2. The average molecular weight is 573 g/mol. The van der Waals surface area contributed by atoms with Gasteiger partial charge in [-0.05, 0) is 80.7 Å². The fraction of sp³-hybridized carbons (Fsp3) is 0.613. The van der Waals surface area contributed by atoms with Crippen LogP contribution >= 0.6 is 11.3 Å². The third kappa shape index (κ3) is 7.35. The Hall–Kier alpha value is -2.65. The van der Waals surface area contributed by atoms with Gasteiger partial charge in [0.2, 0.25) is 5.91 Å². The van der Waals surface area contributed by atoms with Crippen LogP contribution in [-0.2, 0) is 14.4 Å². The fourth-order valence-electron chi connectivity index (χ4n) is 4.96. The van der Waals surface area contributed by atoms with Gasteiger partial charge < -0.3 is 20.3 Å². The Bertz CT molecular complexity index is 1200. The molecule has 1 aromatic heterocycles. The smallest absolute Gasteiger partial charge is 0.258 e. The minimum atomic E-state index is -1.81. The summed E-state index contributed by atoms with van der Waals surface area (Å²) in [6.07, 6.45) is 2.61. The summed E-state index contributed by atoms with van der Waals surface area (Å²) in [7, 11) is 2.01. The van der Waals surface area contributed by atoms with E-state index in [9.17, 15) is 18.8 Å². The van der Waals surface area contributed by atoms with Crippen LogP contribution in [0.4, 0.5) is 4.39 Å². The number of carbonyl (C=O) groups excluding carboxylic acids is 3. The van der Waals surface area contributed by atoms with E-state index in [1.807, 2.05) is 33.3 Å². The zero-order valence-corrected chi connectivity index (χ0v) is 26.0. The van der Waals surface area contributed by atoms with E-state index in [2.05, 4.69) is 61.5 Å². The molecular formula is C31H45FN4O3S. The van der Waals surface area contributed by atoms with Crippen molar-refractivity contribution in [1.29, 1.82) is 0 Å². The van der Waals surface area contributed by atoms with Crippen molar-refractivity contribution in [3.63, 3.8) is 0 Å². The largest absolute Gasteiger partial charge is 0.341 e. The molecule has 2 amide bonds.